The molecule has 25 heavy (non-hydrogen) atoms. The third kappa shape index (κ3) is 5.43. The maximum absolute atomic E-state index is 5.31. The van der Waals surface area contributed by atoms with Gasteiger partial charge in [0.25, 0.3) is 0 Å². The molecule has 2 saturated heterocycles. The Morgan fingerprint density at radius 3 is 3.00 bits per heavy atom. The van der Waals surface area contributed by atoms with Crippen molar-refractivity contribution in [2.24, 2.45) is 16.8 Å². The lowest BCUT2D eigenvalue weighted by Gasteiger charge is -2.33. The highest BCUT2D eigenvalue weighted by Crippen LogP contribution is 2.20. The minimum atomic E-state index is 0.638. The van der Waals surface area contributed by atoms with Crippen LogP contribution in [0.2, 0.25) is 0 Å². The summed E-state index contributed by atoms with van der Waals surface area (Å²) >= 11 is 1.87. The number of hydrogen-bond acceptors (Lipinski definition) is 4. The van der Waals surface area contributed by atoms with Crippen molar-refractivity contribution >= 4 is 17.3 Å². The van der Waals surface area contributed by atoms with Crippen molar-refractivity contribution in [1.82, 2.24) is 15.1 Å². The van der Waals surface area contributed by atoms with E-state index in [0.29, 0.717) is 11.8 Å². The van der Waals surface area contributed by atoms with Gasteiger partial charge in [0.05, 0.1) is 6.61 Å². The molecule has 3 rings (SSSR count). The van der Waals surface area contributed by atoms with E-state index in [0.717, 1.165) is 38.7 Å². The van der Waals surface area contributed by atoms with E-state index < -0.39 is 0 Å². The highest BCUT2D eigenvalue weighted by molar-refractivity contribution is 7.09. The first kappa shape index (κ1) is 18.7. The average molecular weight is 365 g/mol. The smallest absolute Gasteiger partial charge is 0.193 e. The van der Waals surface area contributed by atoms with Crippen molar-refractivity contribution in [2.45, 2.75) is 25.8 Å². The molecule has 0 aromatic carbocycles. The van der Waals surface area contributed by atoms with E-state index in [9.17, 15) is 0 Å². The summed E-state index contributed by atoms with van der Waals surface area (Å²) in [5, 5.41) is 5.81. The molecule has 2 atom stereocenters. The van der Waals surface area contributed by atoms with E-state index in [2.05, 4.69) is 37.6 Å². The molecule has 1 aromatic heterocycles. The lowest BCUT2D eigenvalue weighted by Crippen LogP contribution is -2.45. The predicted octanol–water partition coefficient (Wildman–Crippen LogP) is 2.50. The van der Waals surface area contributed by atoms with Crippen molar-refractivity contribution < 1.29 is 4.74 Å². The predicted molar refractivity (Wildman–Crippen MR) is 105 cm³/mol. The van der Waals surface area contributed by atoms with Gasteiger partial charge in [0, 0.05) is 57.7 Å². The molecule has 2 aliphatic heterocycles. The summed E-state index contributed by atoms with van der Waals surface area (Å²) in [6.07, 6.45) is 3.82. The van der Waals surface area contributed by atoms with E-state index in [-0.39, 0.29) is 0 Å². The van der Waals surface area contributed by atoms with Gasteiger partial charge in [-0.05, 0) is 43.2 Å². The molecule has 1 N–H and O–H groups in total. The molecule has 0 spiro atoms. The maximum Gasteiger partial charge on any atom is 0.193 e. The number of nitrogens with one attached hydrogen (secondary N) is 1. The van der Waals surface area contributed by atoms with Gasteiger partial charge in [0.1, 0.15) is 0 Å². The zero-order valence-electron chi connectivity index (χ0n) is 15.6. The summed E-state index contributed by atoms with van der Waals surface area (Å²) in [6.45, 7) is 7.55. The molecule has 0 bridgehead atoms. The van der Waals surface area contributed by atoms with Crippen LogP contribution in [0.3, 0.4) is 0 Å². The van der Waals surface area contributed by atoms with E-state index in [4.69, 9.17) is 4.74 Å². The number of piperidine rings is 1. The largest absolute Gasteiger partial charge is 0.384 e. The molecule has 1 aromatic rings. The normalized spacial score (nSPS) is 25.5. The van der Waals surface area contributed by atoms with Crippen LogP contribution in [0.15, 0.2) is 22.5 Å². The van der Waals surface area contributed by atoms with Gasteiger partial charge < -0.3 is 15.0 Å². The van der Waals surface area contributed by atoms with Crippen LogP contribution in [0.5, 0.6) is 0 Å². The van der Waals surface area contributed by atoms with E-state index in [1.54, 1.807) is 7.11 Å². The molecule has 0 aliphatic carbocycles. The molecule has 0 radical (unpaired) electrons. The Morgan fingerprint density at radius 1 is 1.32 bits per heavy atom. The number of likely N-dealkylation sites (tertiary alicyclic amines) is 2. The molecule has 140 valence electrons. The fraction of sp³-hybridized carbons (Fsp3) is 0.737. The number of rotatable bonds is 6. The second kappa shape index (κ2) is 9.55. The van der Waals surface area contributed by atoms with Gasteiger partial charge in [-0.3, -0.25) is 9.89 Å². The fourth-order valence-corrected chi connectivity index (χ4v) is 4.80. The molecule has 2 unspecified atom stereocenters. The minimum Gasteiger partial charge on any atom is -0.384 e. The van der Waals surface area contributed by atoms with Crippen molar-refractivity contribution in [1.29, 1.82) is 0 Å². The maximum atomic E-state index is 5.31. The monoisotopic (exact) mass is 364 g/mol. The van der Waals surface area contributed by atoms with Crippen molar-refractivity contribution in [3.63, 3.8) is 0 Å². The average Bonchev–Trinajstić information content (AvgIpc) is 3.29. The number of nitrogens with zero attached hydrogens (tertiary/aromatic N) is 3. The quantitative estimate of drug-likeness (QED) is 0.622. The van der Waals surface area contributed by atoms with Gasteiger partial charge in [0.2, 0.25) is 0 Å². The van der Waals surface area contributed by atoms with Crippen LogP contribution in [0.4, 0.5) is 0 Å². The zero-order chi connectivity index (χ0) is 17.5. The molecule has 6 heteroatoms. The van der Waals surface area contributed by atoms with Crippen LogP contribution in [0.25, 0.3) is 0 Å². The molecular weight excluding hydrogens is 332 g/mol. The van der Waals surface area contributed by atoms with Crippen molar-refractivity contribution in [3.8, 4) is 0 Å². The van der Waals surface area contributed by atoms with Crippen molar-refractivity contribution in [3.05, 3.63) is 22.4 Å². The van der Waals surface area contributed by atoms with Gasteiger partial charge in [-0.25, -0.2) is 0 Å². The van der Waals surface area contributed by atoms with Crippen LogP contribution < -0.4 is 5.32 Å². The summed E-state index contributed by atoms with van der Waals surface area (Å²) in [5.41, 5.74) is 0. The van der Waals surface area contributed by atoms with Crippen LogP contribution in [0.1, 0.15) is 24.1 Å². The summed E-state index contributed by atoms with van der Waals surface area (Å²) < 4.78 is 5.31. The summed E-state index contributed by atoms with van der Waals surface area (Å²) in [4.78, 5) is 11.0. The molecular formula is C19H32N4OS. The summed E-state index contributed by atoms with van der Waals surface area (Å²) in [5.74, 6) is 2.41. The highest BCUT2D eigenvalue weighted by Gasteiger charge is 2.26. The van der Waals surface area contributed by atoms with Crippen LogP contribution >= 0.6 is 11.3 Å². The van der Waals surface area contributed by atoms with Crippen molar-refractivity contribution in [2.75, 3.05) is 53.5 Å². The number of hydrogen-bond donors (Lipinski definition) is 1. The molecule has 5 nitrogen and oxygen atoms in total. The molecule has 2 fully saturated rings. The van der Waals surface area contributed by atoms with Crippen LogP contribution in [0, 0.1) is 11.8 Å². The third-order valence-electron chi connectivity index (χ3n) is 5.31. The Labute approximate surface area is 156 Å². The van der Waals surface area contributed by atoms with E-state index in [1.165, 1.54) is 37.2 Å². The Morgan fingerprint density at radius 2 is 2.24 bits per heavy atom. The Balaban J connectivity index is 1.43. The molecule has 3 heterocycles. The molecule has 0 amide bonds. The Kier molecular flexibility index (Phi) is 7.13. The minimum absolute atomic E-state index is 0.638. The standard InChI is InChI=1S/C19H32N4OS/c1-20-19(23-9-7-17(13-23)15-24-2)21-11-16-5-3-8-22(12-16)14-18-6-4-10-25-18/h4,6,10,16-17H,3,5,7-9,11-15H2,1-2H3,(H,20,21). The Hall–Kier alpha value is -1.11. The SMILES string of the molecule is CN=C(NCC1CCCN(Cc2cccs2)C1)N1CCC(COC)C1. The summed E-state index contributed by atoms with van der Waals surface area (Å²) in [7, 11) is 3.69. The molecule has 2 aliphatic rings. The Bertz CT molecular complexity index is 534. The number of ether oxygens (including phenoxy) is 1. The first-order valence-corrected chi connectivity index (χ1v) is 10.4. The van der Waals surface area contributed by atoms with E-state index >= 15 is 0 Å². The van der Waals surface area contributed by atoms with Gasteiger partial charge in [-0.15, -0.1) is 11.3 Å². The zero-order valence-corrected chi connectivity index (χ0v) is 16.4. The molecule has 0 saturated carbocycles. The number of thiophene rings is 1. The van der Waals surface area contributed by atoms with Crippen LogP contribution in [-0.4, -0.2) is 69.2 Å². The highest BCUT2D eigenvalue weighted by atomic mass is 32.1. The lowest BCUT2D eigenvalue weighted by molar-refractivity contribution is 0.157. The number of methoxy groups -OCH3 is 1. The second-order valence-corrected chi connectivity index (χ2v) is 8.34. The lowest BCUT2D eigenvalue weighted by atomic mass is 9.98. The fourth-order valence-electron chi connectivity index (χ4n) is 4.05. The second-order valence-electron chi connectivity index (χ2n) is 7.31. The summed E-state index contributed by atoms with van der Waals surface area (Å²) in [6, 6.07) is 4.40. The van der Waals surface area contributed by atoms with Gasteiger partial charge in [-0.2, -0.15) is 0 Å². The first-order chi connectivity index (χ1) is 12.3. The number of aliphatic imine (C=N–C) groups is 1. The van der Waals surface area contributed by atoms with Gasteiger partial charge in [-0.1, -0.05) is 6.07 Å². The first-order valence-electron chi connectivity index (χ1n) is 9.47. The topological polar surface area (TPSA) is 40.1 Å². The van der Waals surface area contributed by atoms with Crippen LogP contribution in [-0.2, 0) is 11.3 Å². The van der Waals surface area contributed by atoms with E-state index in [1.807, 2.05) is 18.4 Å². The number of guanidine groups is 1. The van der Waals surface area contributed by atoms with Gasteiger partial charge in [0.15, 0.2) is 5.96 Å². The third-order valence-corrected chi connectivity index (χ3v) is 6.17. The van der Waals surface area contributed by atoms with Gasteiger partial charge >= 0.3 is 0 Å².